The highest BCUT2D eigenvalue weighted by atomic mass is 32.2. The highest BCUT2D eigenvalue weighted by molar-refractivity contribution is 7.99. The Kier molecular flexibility index (Phi) is 3.02. The van der Waals surface area contributed by atoms with E-state index in [4.69, 9.17) is 5.90 Å². The molecule has 4 heteroatoms. The Morgan fingerprint density at radius 3 is 3.00 bits per heavy atom. The van der Waals surface area contributed by atoms with Crippen molar-refractivity contribution in [2.45, 2.75) is 12.8 Å². The normalized spacial score (nSPS) is 25.9. The molecule has 0 radical (unpaired) electrons. The number of hydrogen-bond acceptors (Lipinski definition) is 4. The average Bonchev–Trinajstić information content (AvgIpc) is 2.05. The molecule has 0 aromatic carbocycles. The van der Waals surface area contributed by atoms with Gasteiger partial charge in [0.05, 0.1) is 5.92 Å². The van der Waals surface area contributed by atoms with Gasteiger partial charge < -0.3 is 4.84 Å². The van der Waals surface area contributed by atoms with Gasteiger partial charge in [-0.25, -0.2) is 0 Å². The van der Waals surface area contributed by atoms with Crippen LogP contribution in [0.15, 0.2) is 0 Å². The molecule has 1 heterocycles. The van der Waals surface area contributed by atoms with E-state index in [9.17, 15) is 4.79 Å². The molecule has 0 spiro atoms. The summed E-state index contributed by atoms with van der Waals surface area (Å²) in [4.78, 5) is 14.9. The second-order valence-corrected chi connectivity index (χ2v) is 3.50. The summed E-state index contributed by atoms with van der Waals surface area (Å²) >= 11 is 1.79. The van der Waals surface area contributed by atoms with Crippen LogP contribution in [0.3, 0.4) is 0 Å². The minimum Gasteiger partial charge on any atom is -0.373 e. The van der Waals surface area contributed by atoms with E-state index in [1.807, 2.05) is 0 Å². The van der Waals surface area contributed by atoms with E-state index in [0.717, 1.165) is 24.3 Å². The first kappa shape index (κ1) is 7.88. The first-order valence-electron chi connectivity index (χ1n) is 3.33. The van der Waals surface area contributed by atoms with Crippen molar-refractivity contribution < 1.29 is 9.63 Å². The second kappa shape index (κ2) is 3.83. The number of thioether (sulfide) groups is 1. The molecule has 1 fully saturated rings. The van der Waals surface area contributed by atoms with Gasteiger partial charge in [-0.3, -0.25) is 4.79 Å². The van der Waals surface area contributed by atoms with Crippen LogP contribution in [-0.4, -0.2) is 17.5 Å². The SMILES string of the molecule is NOC(=O)C1CCCSC1. The maximum absolute atomic E-state index is 10.8. The van der Waals surface area contributed by atoms with Gasteiger partial charge in [0.25, 0.3) is 0 Å². The molecule has 0 bridgehead atoms. The summed E-state index contributed by atoms with van der Waals surface area (Å²) in [5, 5.41) is 0. The Labute approximate surface area is 64.3 Å². The Morgan fingerprint density at radius 1 is 1.70 bits per heavy atom. The number of carbonyl (C=O) groups excluding carboxylic acids is 1. The zero-order valence-corrected chi connectivity index (χ0v) is 6.52. The first-order valence-corrected chi connectivity index (χ1v) is 4.48. The van der Waals surface area contributed by atoms with Crippen LogP contribution in [0, 0.1) is 5.92 Å². The molecule has 1 aliphatic rings. The van der Waals surface area contributed by atoms with Gasteiger partial charge in [0.1, 0.15) is 0 Å². The molecule has 0 amide bonds. The third-order valence-electron chi connectivity index (χ3n) is 1.61. The van der Waals surface area contributed by atoms with Gasteiger partial charge in [-0.05, 0) is 18.6 Å². The van der Waals surface area contributed by atoms with Crippen molar-refractivity contribution in [2.75, 3.05) is 11.5 Å². The van der Waals surface area contributed by atoms with Crippen molar-refractivity contribution in [2.24, 2.45) is 11.8 Å². The number of rotatable bonds is 1. The fourth-order valence-electron chi connectivity index (χ4n) is 1.02. The van der Waals surface area contributed by atoms with Crippen LogP contribution < -0.4 is 5.90 Å². The molecule has 1 saturated heterocycles. The van der Waals surface area contributed by atoms with E-state index in [1.54, 1.807) is 11.8 Å². The van der Waals surface area contributed by atoms with Crippen LogP contribution in [0.4, 0.5) is 0 Å². The van der Waals surface area contributed by atoms with E-state index >= 15 is 0 Å². The van der Waals surface area contributed by atoms with Crippen LogP contribution in [0.5, 0.6) is 0 Å². The third-order valence-corrected chi connectivity index (χ3v) is 2.83. The van der Waals surface area contributed by atoms with E-state index in [-0.39, 0.29) is 11.9 Å². The van der Waals surface area contributed by atoms with Crippen molar-refractivity contribution >= 4 is 17.7 Å². The molecule has 1 aliphatic heterocycles. The van der Waals surface area contributed by atoms with Crippen LogP contribution in [0.25, 0.3) is 0 Å². The van der Waals surface area contributed by atoms with Gasteiger partial charge in [0.15, 0.2) is 0 Å². The summed E-state index contributed by atoms with van der Waals surface area (Å²) in [5.41, 5.74) is 0. The quantitative estimate of drug-likeness (QED) is 0.570. The Bertz CT molecular complexity index is 123. The summed E-state index contributed by atoms with van der Waals surface area (Å²) in [5.74, 6) is 6.56. The Balaban J connectivity index is 2.31. The molecule has 58 valence electrons. The molecule has 0 aliphatic carbocycles. The van der Waals surface area contributed by atoms with Crippen LogP contribution in [0.2, 0.25) is 0 Å². The number of nitrogens with two attached hydrogens (primary N) is 1. The van der Waals surface area contributed by atoms with Gasteiger partial charge >= 0.3 is 5.97 Å². The minimum atomic E-state index is -0.257. The molecular weight excluding hydrogens is 150 g/mol. The van der Waals surface area contributed by atoms with Gasteiger partial charge in [-0.1, -0.05) is 0 Å². The maximum Gasteiger partial charge on any atom is 0.328 e. The molecule has 3 nitrogen and oxygen atoms in total. The molecule has 2 N–H and O–H groups in total. The molecule has 0 aromatic heterocycles. The third kappa shape index (κ3) is 1.88. The lowest BCUT2D eigenvalue weighted by atomic mass is 10.1. The summed E-state index contributed by atoms with van der Waals surface area (Å²) in [6.07, 6.45) is 2.04. The maximum atomic E-state index is 10.8. The van der Waals surface area contributed by atoms with E-state index in [1.165, 1.54) is 0 Å². The van der Waals surface area contributed by atoms with Crippen molar-refractivity contribution in [1.82, 2.24) is 0 Å². The predicted octanol–water partition coefficient (Wildman–Crippen LogP) is 0.546. The van der Waals surface area contributed by atoms with E-state index < -0.39 is 0 Å². The minimum absolute atomic E-state index is 0.0451. The lowest BCUT2D eigenvalue weighted by Crippen LogP contribution is -2.25. The van der Waals surface area contributed by atoms with Gasteiger partial charge in [-0.15, -0.1) is 0 Å². The molecule has 0 aromatic rings. The molecule has 1 atom stereocenters. The van der Waals surface area contributed by atoms with Gasteiger partial charge in [0.2, 0.25) is 0 Å². The smallest absolute Gasteiger partial charge is 0.328 e. The predicted molar refractivity (Wildman–Crippen MR) is 40.3 cm³/mol. The lowest BCUT2D eigenvalue weighted by Gasteiger charge is -2.17. The van der Waals surface area contributed by atoms with Crippen molar-refractivity contribution in [3.05, 3.63) is 0 Å². The Morgan fingerprint density at radius 2 is 2.50 bits per heavy atom. The first-order chi connectivity index (χ1) is 4.84. The lowest BCUT2D eigenvalue weighted by molar-refractivity contribution is -0.148. The average molecular weight is 161 g/mol. The molecular formula is C6H11NO2S. The van der Waals surface area contributed by atoms with E-state index in [0.29, 0.717) is 0 Å². The molecule has 1 rings (SSSR count). The van der Waals surface area contributed by atoms with Crippen LogP contribution in [-0.2, 0) is 9.63 Å². The van der Waals surface area contributed by atoms with Crippen molar-refractivity contribution in [3.63, 3.8) is 0 Å². The van der Waals surface area contributed by atoms with Crippen LogP contribution in [0.1, 0.15) is 12.8 Å². The second-order valence-electron chi connectivity index (χ2n) is 2.35. The molecule has 1 unspecified atom stereocenters. The summed E-state index contributed by atoms with van der Waals surface area (Å²) in [6, 6.07) is 0. The van der Waals surface area contributed by atoms with Gasteiger partial charge in [-0.2, -0.15) is 17.7 Å². The zero-order valence-electron chi connectivity index (χ0n) is 5.71. The fourth-order valence-corrected chi connectivity index (χ4v) is 2.15. The van der Waals surface area contributed by atoms with Crippen molar-refractivity contribution in [3.8, 4) is 0 Å². The summed E-state index contributed by atoms with van der Waals surface area (Å²) < 4.78 is 0. The summed E-state index contributed by atoms with van der Waals surface area (Å²) in [7, 11) is 0. The highest BCUT2D eigenvalue weighted by Crippen LogP contribution is 2.22. The molecule has 0 saturated carbocycles. The number of hydrogen-bond donors (Lipinski definition) is 1. The standard InChI is InChI=1S/C6H11NO2S/c7-9-6(8)5-2-1-3-10-4-5/h5H,1-4,7H2. The van der Waals surface area contributed by atoms with Gasteiger partial charge in [0, 0.05) is 5.75 Å². The largest absolute Gasteiger partial charge is 0.373 e. The van der Waals surface area contributed by atoms with Crippen LogP contribution >= 0.6 is 11.8 Å². The fraction of sp³-hybridized carbons (Fsp3) is 0.833. The van der Waals surface area contributed by atoms with E-state index in [2.05, 4.69) is 4.84 Å². The monoisotopic (exact) mass is 161 g/mol. The van der Waals surface area contributed by atoms with Crippen molar-refractivity contribution in [1.29, 1.82) is 0 Å². The molecule has 10 heavy (non-hydrogen) atoms. The number of carbonyl (C=O) groups is 1. The Hall–Kier alpha value is -0.220. The topological polar surface area (TPSA) is 52.3 Å². The summed E-state index contributed by atoms with van der Waals surface area (Å²) in [6.45, 7) is 0. The zero-order chi connectivity index (χ0) is 7.40. The highest BCUT2D eigenvalue weighted by Gasteiger charge is 2.21.